The van der Waals surface area contributed by atoms with Crippen LogP contribution in [0, 0.1) is 5.82 Å². The van der Waals surface area contributed by atoms with E-state index in [1.807, 2.05) is 37.2 Å². The van der Waals surface area contributed by atoms with Crippen LogP contribution in [0.4, 0.5) is 10.1 Å². The molecule has 3 rings (SSSR count). The summed E-state index contributed by atoms with van der Waals surface area (Å²) in [5.41, 5.74) is 0.689. The number of nitrogens with one attached hydrogen (secondary N) is 1. The molecule has 7 heteroatoms. The second-order valence-electron chi connectivity index (χ2n) is 5.08. The van der Waals surface area contributed by atoms with Crippen LogP contribution in [-0.4, -0.2) is 26.2 Å². The molecule has 0 aliphatic carbocycles. The Morgan fingerprint density at radius 1 is 1.13 bits per heavy atom. The van der Waals surface area contributed by atoms with Crippen LogP contribution < -0.4 is 15.2 Å². The van der Waals surface area contributed by atoms with Gasteiger partial charge in [0.1, 0.15) is 5.75 Å². The number of ether oxygens (including phenoxy) is 1. The summed E-state index contributed by atoms with van der Waals surface area (Å²) >= 11 is 0. The van der Waals surface area contributed by atoms with Gasteiger partial charge in [0.15, 0.2) is 5.82 Å². The van der Waals surface area contributed by atoms with E-state index in [1.54, 1.807) is 6.07 Å². The van der Waals surface area contributed by atoms with Crippen LogP contribution in [0.1, 0.15) is 0 Å². The molecule has 124 valence electrons. The molecule has 4 nitrogen and oxygen atoms in total. The molecular formula is C16H17Cl2FN2O2. The number of nitrogens with zero attached hydrogens (tertiary/aromatic N) is 1. The number of methoxy groups -OCH3 is 1. The van der Waals surface area contributed by atoms with Gasteiger partial charge in [0.2, 0.25) is 0 Å². The second-order valence-corrected chi connectivity index (χ2v) is 5.08. The third kappa shape index (κ3) is 3.07. The fourth-order valence-corrected chi connectivity index (χ4v) is 2.59. The van der Waals surface area contributed by atoms with E-state index in [2.05, 4.69) is 4.98 Å². The quantitative estimate of drug-likeness (QED) is 0.709. The third-order valence-corrected chi connectivity index (χ3v) is 3.58. The summed E-state index contributed by atoms with van der Waals surface area (Å²) in [5, 5.41) is 1.88. The predicted octanol–water partition coefficient (Wildman–Crippen LogP) is 3.74. The number of benzene rings is 2. The van der Waals surface area contributed by atoms with Gasteiger partial charge in [0, 0.05) is 31.2 Å². The van der Waals surface area contributed by atoms with Crippen LogP contribution in [-0.2, 0) is 0 Å². The fraction of sp³-hybridized carbons (Fsp3) is 0.188. The summed E-state index contributed by atoms with van der Waals surface area (Å²) in [6.45, 7) is 0. The van der Waals surface area contributed by atoms with Crippen LogP contribution in [0.5, 0.6) is 5.75 Å². The zero-order valence-corrected chi connectivity index (χ0v) is 14.5. The first kappa shape index (κ1) is 19.1. The van der Waals surface area contributed by atoms with Crippen molar-refractivity contribution < 1.29 is 9.13 Å². The van der Waals surface area contributed by atoms with Gasteiger partial charge in [-0.2, -0.15) is 0 Å². The summed E-state index contributed by atoms with van der Waals surface area (Å²) in [6.07, 6.45) is 0. The highest BCUT2D eigenvalue weighted by Gasteiger charge is 2.14. The first-order valence-corrected chi connectivity index (χ1v) is 6.52. The molecule has 0 aliphatic heterocycles. The zero-order chi connectivity index (χ0) is 15.1. The number of rotatable bonds is 2. The Morgan fingerprint density at radius 3 is 2.43 bits per heavy atom. The number of hydrogen-bond donors (Lipinski definition) is 1. The minimum Gasteiger partial charge on any atom is -0.497 e. The maximum atomic E-state index is 14.1. The Kier molecular flexibility index (Phi) is 5.86. The molecule has 1 N–H and O–H groups in total. The maximum absolute atomic E-state index is 14.1. The Hall–Kier alpha value is -1.98. The van der Waals surface area contributed by atoms with Gasteiger partial charge in [-0.3, -0.25) is 4.79 Å². The Balaban J connectivity index is 0.00000132. The van der Waals surface area contributed by atoms with Crippen molar-refractivity contribution in [1.82, 2.24) is 4.98 Å². The fourth-order valence-electron chi connectivity index (χ4n) is 2.59. The maximum Gasteiger partial charge on any atom is 0.258 e. The van der Waals surface area contributed by atoms with E-state index in [1.165, 1.54) is 13.2 Å². The number of pyridine rings is 1. The van der Waals surface area contributed by atoms with Crippen molar-refractivity contribution in [2.24, 2.45) is 0 Å². The van der Waals surface area contributed by atoms with Gasteiger partial charge in [0.05, 0.1) is 18.0 Å². The topological polar surface area (TPSA) is 45.3 Å². The lowest BCUT2D eigenvalue weighted by Gasteiger charge is -2.16. The lowest BCUT2D eigenvalue weighted by Crippen LogP contribution is -2.15. The summed E-state index contributed by atoms with van der Waals surface area (Å²) in [7, 11) is 5.22. The van der Waals surface area contributed by atoms with Crippen molar-refractivity contribution in [1.29, 1.82) is 0 Å². The van der Waals surface area contributed by atoms with Gasteiger partial charge < -0.3 is 14.6 Å². The minimum atomic E-state index is -0.501. The van der Waals surface area contributed by atoms with Gasteiger partial charge in [-0.05, 0) is 17.5 Å². The Bertz CT molecular complexity index is 910. The number of aromatic nitrogens is 1. The smallest absolute Gasteiger partial charge is 0.258 e. The number of hydrogen-bond acceptors (Lipinski definition) is 3. The van der Waals surface area contributed by atoms with Crippen LogP contribution in [0.2, 0.25) is 0 Å². The van der Waals surface area contributed by atoms with Crippen LogP contribution in [0.15, 0.2) is 35.1 Å². The lowest BCUT2D eigenvalue weighted by atomic mass is 10.0. The average molecular weight is 359 g/mol. The van der Waals surface area contributed by atoms with Gasteiger partial charge in [-0.1, -0.05) is 12.1 Å². The van der Waals surface area contributed by atoms with E-state index in [4.69, 9.17) is 4.74 Å². The summed E-state index contributed by atoms with van der Waals surface area (Å²) in [5.74, 6) is -0.0813. The third-order valence-electron chi connectivity index (χ3n) is 3.58. The van der Waals surface area contributed by atoms with Crippen molar-refractivity contribution >= 4 is 52.2 Å². The largest absolute Gasteiger partial charge is 0.497 e. The van der Waals surface area contributed by atoms with E-state index < -0.39 is 5.82 Å². The number of fused-ring (bicyclic) bond motifs is 3. The molecule has 0 unspecified atom stereocenters. The molecule has 0 fully saturated rings. The molecule has 0 atom stereocenters. The predicted molar refractivity (Wildman–Crippen MR) is 97.4 cm³/mol. The van der Waals surface area contributed by atoms with Gasteiger partial charge >= 0.3 is 0 Å². The molecule has 0 saturated carbocycles. The minimum absolute atomic E-state index is 0. The van der Waals surface area contributed by atoms with Crippen molar-refractivity contribution in [3.05, 3.63) is 46.5 Å². The van der Waals surface area contributed by atoms with Crippen LogP contribution in [0.3, 0.4) is 0 Å². The SMILES string of the molecule is COc1cc(F)c2[nH]c(=O)c3c(N(C)C)cccc3c2c1.Cl.Cl. The molecular weight excluding hydrogens is 342 g/mol. The summed E-state index contributed by atoms with van der Waals surface area (Å²) in [6, 6.07) is 8.53. The normalized spacial score (nSPS) is 10.1. The van der Waals surface area contributed by atoms with Gasteiger partial charge in [-0.25, -0.2) is 4.39 Å². The van der Waals surface area contributed by atoms with Crippen molar-refractivity contribution in [3.8, 4) is 5.75 Å². The highest BCUT2D eigenvalue weighted by molar-refractivity contribution is 6.10. The van der Waals surface area contributed by atoms with E-state index in [0.29, 0.717) is 21.9 Å². The van der Waals surface area contributed by atoms with Crippen molar-refractivity contribution in [3.63, 3.8) is 0 Å². The molecule has 0 spiro atoms. The number of anilines is 1. The first-order valence-electron chi connectivity index (χ1n) is 6.52. The van der Waals surface area contributed by atoms with Crippen molar-refractivity contribution in [2.45, 2.75) is 0 Å². The molecule has 23 heavy (non-hydrogen) atoms. The summed E-state index contributed by atoms with van der Waals surface area (Å²) < 4.78 is 19.3. The number of H-pyrrole nitrogens is 1. The standard InChI is InChI=1S/C16H15FN2O2.2ClH/c1-19(2)13-6-4-5-10-11-7-9(21-3)8-12(17)15(11)18-16(20)14(10)13;;/h4-8H,1-3H3,(H,18,20);2*1H. The van der Waals surface area contributed by atoms with E-state index in [9.17, 15) is 9.18 Å². The molecule has 1 heterocycles. The monoisotopic (exact) mass is 358 g/mol. The first-order chi connectivity index (χ1) is 10.0. The molecule has 1 aromatic heterocycles. The Labute approximate surface area is 145 Å². The molecule has 0 amide bonds. The molecule has 0 saturated heterocycles. The van der Waals surface area contributed by atoms with Crippen molar-refractivity contribution in [2.75, 3.05) is 26.1 Å². The van der Waals surface area contributed by atoms with Gasteiger partial charge in [-0.15, -0.1) is 24.8 Å². The average Bonchev–Trinajstić information content (AvgIpc) is 2.47. The highest BCUT2D eigenvalue weighted by atomic mass is 35.5. The zero-order valence-electron chi connectivity index (χ0n) is 12.8. The molecule has 2 aromatic carbocycles. The van der Waals surface area contributed by atoms with Crippen LogP contribution >= 0.6 is 24.8 Å². The number of halogens is 3. The van der Waals surface area contributed by atoms with Crippen LogP contribution in [0.25, 0.3) is 21.7 Å². The molecule has 3 aromatic rings. The highest BCUT2D eigenvalue weighted by Crippen LogP contribution is 2.31. The second kappa shape index (κ2) is 7.06. The molecule has 0 bridgehead atoms. The van der Waals surface area contributed by atoms with E-state index in [0.717, 1.165) is 5.69 Å². The molecule has 0 radical (unpaired) electrons. The Morgan fingerprint density at radius 2 is 1.83 bits per heavy atom. The number of aromatic amines is 1. The van der Waals surface area contributed by atoms with E-state index in [-0.39, 0.29) is 35.9 Å². The summed E-state index contributed by atoms with van der Waals surface area (Å²) in [4.78, 5) is 16.8. The lowest BCUT2D eigenvalue weighted by molar-refractivity contribution is 0.412. The molecule has 0 aliphatic rings. The van der Waals surface area contributed by atoms with Gasteiger partial charge in [0.25, 0.3) is 5.56 Å². The van der Waals surface area contributed by atoms with E-state index >= 15 is 0 Å².